The number of carbonyl (C=O) groups is 2. The topological polar surface area (TPSA) is 80.1 Å². The van der Waals surface area contributed by atoms with E-state index in [0.717, 1.165) is 11.8 Å². The number of pyridine rings is 1. The summed E-state index contributed by atoms with van der Waals surface area (Å²) in [5.74, 6) is -3.69. The van der Waals surface area contributed by atoms with Crippen LogP contribution in [-0.2, 0) is 28.1 Å². The SMILES string of the molecule is Cc1nccn1CC(=O)N(c1cncc(F)c1)C1(C(=O)NC2CCC(F)(F)CC2)CCc2ccccc21. The standard InChI is InChI=1S/C27H28F3N5O2/c1-18-32-12-13-34(18)17-24(36)35(22-14-20(28)15-31-16-22)27(11-6-19-4-2-3-5-23(19)27)25(37)33-21-7-9-26(29,30)10-8-21/h2-5,12-16,21H,6-11,17H2,1H3,(H,33,37). The summed E-state index contributed by atoms with van der Waals surface area (Å²) in [5.41, 5.74) is 0.171. The first-order valence-electron chi connectivity index (χ1n) is 12.4. The maximum absolute atomic E-state index is 14.4. The van der Waals surface area contributed by atoms with Crippen molar-refractivity contribution in [3.8, 4) is 0 Å². The number of rotatable bonds is 6. The summed E-state index contributed by atoms with van der Waals surface area (Å²) >= 11 is 0. The molecule has 10 heteroatoms. The third-order valence-corrected chi connectivity index (χ3v) is 7.46. The Balaban J connectivity index is 1.59. The van der Waals surface area contributed by atoms with Crippen LogP contribution >= 0.6 is 0 Å². The average Bonchev–Trinajstić information content (AvgIpc) is 3.45. The predicted molar refractivity (Wildman–Crippen MR) is 130 cm³/mol. The quantitative estimate of drug-likeness (QED) is 0.536. The van der Waals surface area contributed by atoms with Crippen LogP contribution < -0.4 is 10.2 Å². The fourth-order valence-electron chi connectivity index (χ4n) is 5.54. The molecule has 1 aromatic carbocycles. The fraction of sp³-hybridized carbons (Fsp3) is 0.407. The number of alkyl halides is 2. The Morgan fingerprint density at radius 2 is 1.92 bits per heavy atom. The molecule has 2 aliphatic carbocycles. The summed E-state index contributed by atoms with van der Waals surface area (Å²) in [6.07, 6.45) is 6.06. The Kier molecular flexibility index (Phi) is 6.51. The Labute approximate surface area is 212 Å². The highest BCUT2D eigenvalue weighted by molar-refractivity contribution is 6.04. The number of hydrogen-bond acceptors (Lipinski definition) is 4. The van der Waals surface area contributed by atoms with Crippen molar-refractivity contribution in [1.29, 1.82) is 0 Å². The molecular formula is C27H28F3N5O2. The van der Waals surface area contributed by atoms with Gasteiger partial charge in [-0.15, -0.1) is 0 Å². The Hall–Kier alpha value is -3.69. The van der Waals surface area contributed by atoms with Crippen molar-refractivity contribution in [1.82, 2.24) is 19.9 Å². The molecule has 2 heterocycles. The largest absolute Gasteiger partial charge is 0.351 e. The molecule has 1 atom stereocenters. The number of nitrogens with one attached hydrogen (secondary N) is 1. The number of aryl methyl sites for hydroxylation is 2. The molecule has 2 aromatic heterocycles. The highest BCUT2D eigenvalue weighted by Gasteiger charge is 2.53. The molecule has 1 fully saturated rings. The summed E-state index contributed by atoms with van der Waals surface area (Å²) in [7, 11) is 0. The van der Waals surface area contributed by atoms with Crippen molar-refractivity contribution in [2.45, 2.75) is 69.5 Å². The number of anilines is 1. The second-order valence-corrected chi connectivity index (χ2v) is 9.81. The number of carbonyl (C=O) groups excluding carboxylic acids is 2. The highest BCUT2D eigenvalue weighted by atomic mass is 19.3. The molecule has 194 valence electrons. The molecule has 0 saturated heterocycles. The van der Waals surface area contributed by atoms with Crippen molar-refractivity contribution < 1.29 is 22.8 Å². The van der Waals surface area contributed by atoms with E-state index in [0.29, 0.717) is 17.8 Å². The lowest BCUT2D eigenvalue weighted by molar-refractivity contribution is -0.132. The number of fused-ring (bicyclic) bond motifs is 1. The van der Waals surface area contributed by atoms with Crippen LogP contribution in [0.3, 0.4) is 0 Å². The van der Waals surface area contributed by atoms with Crippen molar-refractivity contribution in [2.24, 2.45) is 0 Å². The van der Waals surface area contributed by atoms with Gasteiger partial charge in [-0.05, 0) is 43.7 Å². The van der Waals surface area contributed by atoms with E-state index in [-0.39, 0.29) is 44.3 Å². The van der Waals surface area contributed by atoms with Crippen LogP contribution in [0, 0.1) is 12.7 Å². The van der Waals surface area contributed by atoms with Crippen LogP contribution in [0.4, 0.5) is 18.9 Å². The molecule has 37 heavy (non-hydrogen) atoms. The van der Waals surface area contributed by atoms with E-state index in [4.69, 9.17) is 0 Å². The number of benzene rings is 1. The first-order chi connectivity index (χ1) is 17.7. The van der Waals surface area contributed by atoms with Crippen molar-refractivity contribution in [2.75, 3.05) is 4.90 Å². The number of imidazole rings is 1. The molecule has 1 saturated carbocycles. The fourth-order valence-corrected chi connectivity index (χ4v) is 5.54. The molecule has 2 amide bonds. The van der Waals surface area contributed by atoms with E-state index in [2.05, 4.69) is 15.3 Å². The number of amides is 2. The lowest BCUT2D eigenvalue weighted by Gasteiger charge is -2.42. The smallest absolute Gasteiger partial charge is 0.251 e. The van der Waals surface area contributed by atoms with Gasteiger partial charge < -0.3 is 9.88 Å². The Morgan fingerprint density at radius 1 is 1.16 bits per heavy atom. The zero-order valence-electron chi connectivity index (χ0n) is 20.5. The second-order valence-electron chi connectivity index (χ2n) is 9.81. The highest BCUT2D eigenvalue weighted by Crippen LogP contribution is 2.45. The monoisotopic (exact) mass is 511 g/mol. The van der Waals surface area contributed by atoms with Crippen LogP contribution in [-0.4, -0.2) is 38.3 Å². The second kappa shape index (κ2) is 9.64. The van der Waals surface area contributed by atoms with Crippen LogP contribution in [0.15, 0.2) is 55.1 Å². The molecule has 0 aliphatic heterocycles. The maximum Gasteiger partial charge on any atom is 0.251 e. The molecule has 5 rings (SSSR count). The van der Waals surface area contributed by atoms with Gasteiger partial charge in [-0.1, -0.05) is 24.3 Å². The molecule has 7 nitrogen and oxygen atoms in total. The van der Waals surface area contributed by atoms with Gasteiger partial charge >= 0.3 is 0 Å². The first-order valence-corrected chi connectivity index (χ1v) is 12.4. The average molecular weight is 512 g/mol. The Bertz CT molecular complexity index is 1320. The zero-order chi connectivity index (χ0) is 26.2. The van der Waals surface area contributed by atoms with Gasteiger partial charge in [0.25, 0.3) is 5.91 Å². The number of hydrogen-bond donors (Lipinski definition) is 1. The molecule has 2 aliphatic rings. The summed E-state index contributed by atoms with van der Waals surface area (Å²) in [6.45, 7) is 1.63. The molecule has 3 aromatic rings. The normalized spacial score (nSPS) is 20.9. The molecule has 0 radical (unpaired) electrons. The van der Waals surface area contributed by atoms with Gasteiger partial charge in [0.2, 0.25) is 11.8 Å². The van der Waals surface area contributed by atoms with Crippen molar-refractivity contribution in [3.63, 3.8) is 0 Å². The summed E-state index contributed by atoms with van der Waals surface area (Å²) in [6, 6.07) is 8.09. The van der Waals surface area contributed by atoms with E-state index in [1.54, 1.807) is 36.0 Å². The number of aromatic nitrogens is 3. The van der Waals surface area contributed by atoms with E-state index in [1.807, 2.05) is 12.1 Å². The van der Waals surface area contributed by atoms with Crippen molar-refractivity contribution in [3.05, 3.63) is 77.9 Å². The van der Waals surface area contributed by atoms with Crippen molar-refractivity contribution >= 4 is 17.5 Å². The zero-order valence-corrected chi connectivity index (χ0v) is 20.5. The van der Waals surface area contributed by atoms with Crippen LogP contribution in [0.2, 0.25) is 0 Å². The molecule has 1 N–H and O–H groups in total. The molecule has 0 spiro atoms. The minimum absolute atomic E-state index is 0.130. The van der Waals surface area contributed by atoms with Gasteiger partial charge in [-0.2, -0.15) is 0 Å². The molecule has 1 unspecified atom stereocenters. The van der Waals surface area contributed by atoms with E-state index >= 15 is 0 Å². The van der Waals surface area contributed by atoms with Crippen LogP contribution in [0.5, 0.6) is 0 Å². The third kappa shape index (κ3) is 4.72. The number of halogens is 3. The first kappa shape index (κ1) is 25.0. The van der Waals surface area contributed by atoms with Gasteiger partial charge in [-0.3, -0.25) is 19.5 Å². The van der Waals surface area contributed by atoms with E-state index < -0.39 is 35.1 Å². The van der Waals surface area contributed by atoms with Gasteiger partial charge in [0, 0.05) is 37.3 Å². The van der Waals surface area contributed by atoms with Gasteiger partial charge in [0.1, 0.15) is 18.2 Å². The predicted octanol–water partition coefficient (Wildman–Crippen LogP) is 4.29. The minimum atomic E-state index is -2.74. The van der Waals surface area contributed by atoms with Gasteiger partial charge in [-0.25, -0.2) is 18.2 Å². The third-order valence-electron chi connectivity index (χ3n) is 7.46. The summed E-state index contributed by atoms with van der Waals surface area (Å²) in [5, 5.41) is 2.97. The van der Waals surface area contributed by atoms with Gasteiger partial charge in [0.15, 0.2) is 5.54 Å². The summed E-state index contributed by atoms with van der Waals surface area (Å²) in [4.78, 5) is 37.7. The van der Waals surface area contributed by atoms with Crippen LogP contribution in [0.25, 0.3) is 0 Å². The van der Waals surface area contributed by atoms with E-state index in [1.165, 1.54) is 17.2 Å². The van der Waals surface area contributed by atoms with Gasteiger partial charge in [0.05, 0.1) is 18.1 Å². The lowest BCUT2D eigenvalue weighted by Crippen LogP contribution is -2.60. The Morgan fingerprint density at radius 3 is 2.62 bits per heavy atom. The van der Waals surface area contributed by atoms with E-state index in [9.17, 15) is 22.8 Å². The summed E-state index contributed by atoms with van der Waals surface area (Å²) < 4.78 is 43.6. The molecular weight excluding hydrogens is 483 g/mol. The molecule has 0 bridgehead atoms. The number of nitrogens with zero attached hydrogens (tertiary/aromatic N) is 4. The lowest BCUT2D eigenvalue weighted by atomic mass is 9.85. The maximum atomic E-state index is 14.4. The van der Waals surface area contributed by atoms with Crippen LogP contribution in [0.1, 0.15) is 49.1 Å². The minimum Gasteiger partial charge on any atom is -0.351 e.